The molecule has 420 valence electrons. The normalized spacial score (nSPS) is 23.5. The molecule has 0 aromatic heterocycles. The van der Waals surface area contributed by atoms with Crippen LogP contribution in [0.3, 0.4) is 0 Å². The molecule has 7 rings (SSSR count). The van der Waals surface area contributed by atoms with E-state index in [1.807, 2.05) is 9.80 Å². The number of hydrogen-bond acceptors (Lipinski definition) is 7. The topological polar surface area (TPSA) is 159 Å². The molecule has 6 aliphatic rings. The number of aryl methyl sites for hydroxylation is 2. The van der Waals surface area contributed by atoms with Crippen LogP contribution in [0.25, 0.3) is 0 Å². The van der Waals surface area contributed by atoms with Crippen LogP contribution in [-0.2, 0) is 25.6 Å². The quantitative estimate of drug-likeness (QED) is 0.0477. The number of aliphatic hydroxyl groups excluding tert-OH is 3. The molecule has 11 nitrogen and oxygen atoms in total. The number of hydrogen-bond donors (Lipinski definition) is 4. The van der Waals surface area contributed by atoms with Gasteiger partial charge in [0.05, 0.1) is 18.3 Å². The Balaban J connectivity index is 0.000000206. The van der Waals surface area contributed by atoms with Crippen molar-refractivity contribution in [3.05, 3.63) is 47.5 Å². The highest BCUT2D eigenvalue weighted by Crippen LogP contribution is 2.33. The van der Waals surface area contributed by atoms with E-state index in [0.29, 0.717) is 74.0 Å². The number of amides is 3. The third kappa shape index (κ3) is 22.4. The maximum atomic E-state index is 12.3. The number of allylic oxidation sites excluding steroid dienone is 1. The molecule has 0 spiro atoms. The minimum atomic E-state index is -0.718. The smallest absolute Gasteiger partial charge is 0.303 e. The highest BCUT2D eigenvalue weighted by Gasteiger charge is 2.34. The molecule has 0 bridgehead atoms. The van der Waals surface area contributed by atoms with E-state index in [2.05, 4.69) is 55.2 Å². The zero-order chi connectivity index (χ0) is 52.9. The van der Waals surface area contributed by atoms with Gasteiger partial charge in [-0.25, -0.2) is 0 Å². The van der Waals surface area contributed by atoms with E-state index in [1.54, 1.807) is 0 Å². The zero-order valence-corrected chi connectivity index (χ0v) is 46.7. The Morgan fingerprint density at radius 1 is 0.541 bits per heavy atom. The van der Waals surface area contributed by atoms with Crippen LogP contribution in [0.1, 0.15) is 249 Å². The molecule has 3 heterocycles. The number of likely N-dealkylation sites (tertiary alicyclic amines) is 3. The second kappa shape index (κ2) is 35.2. The van der Waals surface area contributed by atoms with Crippen LogP contribution in [0, 0.1) is 24.7 Å². The van der Waals surface area contributed by atoms with Gasteiger partial charge in [-0.3, -0.25) is 19.2 Å². The highest BCUT2D eigenvalue weighted by molar-refractivity contribution is 5.79. The Hall–Kier alpha value is -3.28. The predicted octanol–water partition coefficient (Wildman–Crippen LogP) is 12.8. The molecule has 6 atom stereocenters. The molecule has 74 heavy (non-hydrogen) atoms. The lowest BCUT2D eigenvalue weighted by molar-refractivity contribution is -0.137. The zero-order valence-electron chi connectivity index (χ0n) is 46.7. The molecule has 3 saturated heterocycles. The van der Waals surface area contributed by atoms with Gasteiger partial charge in [0, 0.05) is 63.4 Å². The van der Waals surface area contributed by atoms with Crippen molar-refractivity contribution in [2.24, 2.45) is 17.8 Å². The average Bonchev–Trinajstić information content (AvgIpc) is 4.09. The van der Waals surface area contributed by atoms with E-state index in [-0.39, 0.29) is 36.5 Å². The number of carboxylic acids is 1. The van der Waals surface area contributed by atoms with Crippen molar-refractivity contribution in [1.82, 2.24) is 14.7 Å². The first-order chi connectivity index (χ1) is 35.9. The van der Waals surface area contributed by atoms with Gasteiger partial charge in [-0.05, 0) is 152 Å². The molecule has 1 aromatic rings. The number of nitrogens with zero attached hydrogens (tertiary/aromatic N) is 3. The second-order valence-corrected chi connectivity index (χ2v) is 23.7. The molecular weight excluding hydrogens is 927 g/mol. The molecule has 1 aromatic carbocycles. The first-order valence-corrected chi connectivity index (χ1v) is 30.8. The number of carboxylic acid groups (broad SMARTS) is 1. The molecule has 11 heteroatoms. The van der Waals surface area contributed by atoms with Gasteiger partial charge in [0.2, 0.25) is 17.7 Å². The van der Waals surface area contributed by atoms with Gasteiger partial charge >= 0.3 is 5.97 Å². The molecule has 0 radical (unpaired) electrons. The van der Waals surface area contributed by atoms with Gasteiger partial charge in [-0.1, -0.05) is 139 Å². The molecule has 3 aliphatic heterocycles. The monoisotopic (exact) mass is 1030 g/mol. The average molecular weight is 1030 g/mol. The molecule has 6 unspecified atom stereocenters. The van der Waals surface area contributed by atoms with E-state index in [9.17, 15) is 34.5 Å². The number of unbranched alkanes of at least 4 members (excludes halogenated alkanes) is 5. The van der Waals surface area contributed by atoms with Crippen LogP contribution in [0.15, 0.2) is 36.4 Å². The molecule has 6 fully saturated rings. The van der Waals surface area contributed by atoms with Crippen LogP contribution in [-0.4, -0.2) is 115 Å². The van der Waals surface area contributed by atoms with E-state index < -0.39 is 5.97 Å². The van der Waals surface area contributed by atoms with E-state index in [1.165, 1.54) is 94.6 Å². The van der Waals surface area contributed by atoms with Gasteiger partial charge in [-0.15, -0.1) is 0 Å². The van der Waals surface area contributed by atoms with E-state index in [0.717, 1.165) is 135 Å². The summed E-state index contributed by atoms with van der Waals surface area (Å²) in [5, 5.41) is 40.0. The summed E-state index contributed by atoms with van der Waals surface area (Å²) < 4.78 is 0. The van der Waals surface area contributed by atoms with Crippen molar-refractivity contribution in [1.29, 1.82) is 0 Å². The highest BCUT2D eigenvalue weighted by atomic mass is 16.4. The fourth-order valence-electron chi connectivity index (χ4n) is 13.2. The Bertz CT molecular complexity index is 1750. The summed E-state index contributed by atoms with van der Waals surface area (Å²) in [6.07, 6.45) is 42.3. The van der Waals surface area contributed by atoms with Crippen molar-refractivity contribution in [2.45, 2.75) is 288 Å². The number of aliphatic hydroxyl groups is 3. The first kappa shape index (κ1) is 61.6. The third-order valence-corrected chi connectivity index (χ3v) is 18.0. The summed E-state index contributed by atoms with van der Waals surface area (Å²) >= 11 is 0. The summed E-state index contributed by atoms with van der Waals surface area (Å²) in [7, 11) is 0. The minimum Gasteiger partial charge on any atom is -0.481 e. The van der Waals surface area contributed by atoms with Crippen molar-refractivity contribution < 1.29 is 39.6 Å². The molecule has 4 N–H and O–H groups in total. The van der Waals surface area contributed by atoms with Gasteiger partial charge in [-0.2, -0.15) is 0 Å². The van der Waals surface area contributed by atoms with E-state index >= 15 is 0 Å². The predicted molar refractivity (Wildman–Crippen MR) is 299 cm³/mol. The van der Waals surface area contributed by atoms with Gasteiger partial charge in [0.1, 0.15) is 0 Å². The van der Waals surface area contributed by atoms with Crippen LogP contribution in [0.5, 0.6) is 0 Å². The Morgan fingerprint density at radius 3 is 1.41 bits per heavy atom. The summed E-state index contributed by atoms with van der Waals surface area (Å²) in [5.74, 6) is 1.46. The lowest BCUT2D eigenvalue weighted by Gasteiger charge is -2.30. The fraction of sp³-hybridized carbons (Fsp3) is 0.810. The standard InChI is InChI=1S/C23H35NO2.C20H35NO4.C20H35NO2/c1-18-10-12-19(13-11-18)6-5-9-21-14-15-23(26)24(21)17-16-22(25)20-7-3-2-4-8-20;22-18(16-8-4-3-5-9-16)14-15-21-17(12-13-19(21)23)10-6-1-2-7-11-20(24)25;1-2-3-4-5-9-12-18-13-14-20(23)21(18)16-15-19(22)17-10-7-6-8-11-17/h10-13,20-22,25H,2-9,14-17H2,1H3;16-18,22H,1-15H2,(H,24,25);5,9,17-19,22H,2-4,6-8,10-16H2,1H3/b;;9-5+. The van der Waals surface area contributed by atoms with Crippen molar-refractivity contribution in [3.63, 3.8) is 0 Å². The van der Waals surface area contributed by atoms with Crippen molar-refractivity contribution in [2.75, 3.05) is 19.6 Å². The van der Waals surface area contributed by atoms with Crippen LogP contribution in [0.2, 0.25) is 0 Å². The van der Waals surface area contributed by atoms with Gasteiger partial charge in [0.25, 0.3) is 0 Å². The number of carbonyl (C=O) groups excluding carboxylic acids is 3. The molecular formula is C63H105N3O8. The van der Waals surface area contributed by atoms with Crippen LogP contribution < -0.4 is 0 Å². The Kier molecular flexibility index (Phi) is 29.3. The summed E-state index contributed by atoms with van der Waals surface area (Å²) in [5.41, 5.74) is 2.69. The maximum absolute atomic E-state index is 12.3. The molecule has 3 saturated carbocycles. The summed E-state index contributed by atoms with van der Waals surface area (Å²) in [6.45, 7) is 6.51. The fourth-order valence-corrected chi connectivity index (χ4v) is 13.2. The van der Waals surface area contributed by atoms with Gasteiger partial charge in [0.15, 0.2) is 0 Å². The van der Waals surface area contributed by atoms with Crippen LogP contribution >= 0.6 is 0 Å². The maximum Gasteiger partial charge on any atom is 0.303 e. The molecule has 3 aliphatic carbocycles. The third-order valence-electron chi connectivity index (χ3n) is 18.0. The summed E-state index contributed by atoms with van der Waals surface area (Å²) in [6, 6.07) is 9.85. The number of rotatable bonds is 28. The molecule has 3 amide bonds. The number of aliphatic carboxylic acids is 1. The van der Waals surface area contributed by atoms with Crippen molar-refractivity contribution in [3.8, 4) is 0 Å². The second-order valence-electron chi connectivity index (χ2n) is 23.7. The first-order valence-electron chi connectivity index (χ1n) is 30.8. The van der Waals surface area contributed by atoms with Crippen LogP contribution in [0.4, 0.5) is 0 Å². The number of carbonyl (C=O) groups is 4. The van der Waals surface area contributed by atoms with E-state index in [4.69, 9.17) is 5.11 Å². The Labute approximate surface area is 449 Å². The lowest BCUT2D eigenvalue weighted by Crippen LogP contribution is -2.36. The largest absolute Gasteiger partial charge is 0.481 e. The SMILES string of the molecule is CCCC/C=C/CC1CCC(=O)N1CCC(O)C1CCCCC1.Cc1ccc(CCCC2CCC(=O)N2CCC(O)C2CCCCC2)cc1.O=C(O)CCCCCCC1CCC(=O)N1CCC(O)C1CCCCC1. The van der Waals surface area contributed by atoms with Crippen molar-refractivity contribution >= 4 is 23.7 Å². The number of benzene rings is 1. The Morgan fingerprint density at radius 2 is 0.959 bits per heavy atom. The minimum absolute atomic E-state index is 0.218. The summed E-state index contributed by atoms with van der Waals surface area (Å²) in [4.78, 5) is 53.2. The van der Waals surface area contributed by atoms with Gasteiger partial charge < -0.3 is 35.1 Å². The lowest BCUT2D eigenvalue weighted by atomic mass is 9.84.